The highest BCUT2D eigenvalue weighted by Crippen LogP contribution is 2.24. The van der Waals surface area contributed by atoms with Crippen LogP contribution in [0.3, 0.4) is 0 Å². The highest BCUT2D eigenvalue weighted by molar-refractivity contribution is 7.98. The van der Waals surface area contributed by atoms with Crippen LogP contribution in [0.1, 0.15) is 27.6 Å². The molecule has 9 heteroatoms. The van der Waals surface area contributed by atoms with Crippen molar-refractivity contribution in [1.29, 1.82) is 0 Å². The molecular weight excluding hydrogens is 460 g/mol. The molecule has 1 N–H and O–H groups in total. The molecule has 0 bridgehead atoms. The Hall–Kier alpha value is -3.30. The SMILES string of the molecule is CCOC(=O)c1cccc(NC(=O)c2ccc(N(C)S(=O)(=O)c3ccc(SC)cc3)cc2)c1. The highest BCUT2D eigenvalue weighted by atomic mass is 32.2. The van der Waals surface area contributed by atoms with Crippen molar-refractivity contribution in [2.24, 2.45) is 0 Å². The molecule has 0 fully saturated rings. The molecule has 0 radical (unpaired) electrons. The Morgan fingerprint density at radius 3 is 2.24 bits per heavy atom. The zero-order valence-corrected chi connectivity index (χ0v) is 20.1. The van der Waals surface area contributed by atoms with Crippen molar-refractivity contribution in [2.45, 2.75) is 16.7 Å². The lowest BCUT2D eigenvalue weighted by molar-refractivity contribution is 0.0526. The Bertz CT molecular complexity index is 1240. The van der Waals surface area contributed by atoms with Crippen molar-refractivity contribution in [2.75, 3.05) is 29.5 Å². The van der Waals surface area contributed by atoms with Gasteiger partial charge in [0.25, 0.3) is 15.9 Å². The van der Waals surface area contributed by atoms with E-state index in [1.165, 1.54) is 29.2 Å². The van der Waals surface area contributed by atoms with E-state index >= 15 is 0 Å². The summed E-state index contributed by atoms with van der Waals surface area (Å²) in [5.41, 5.74) is 1.55. The molecule has 0 saturated heterocycles. The molecule has 0 aliphatic carbocycles. The summed E-state index contributed by atoms with van der Waals surface area (Å²) in [7, 11) is -2.27. The van der Waals surface area contributed by atoms with Crippen LogP contribution in [0, 0.1) is 0 Å². The molecule has 0 heterocycles. The number of thioether (sulfide) groups is 1. The third-order valence-corrected chi connectivity index (χ3v) is 7.39. The lowest BCUT2D eigenvalue weighted by atomic mass is 10.1. The molecule has 0 saturated carbocycles. The molecule has 172 valence electrons. The van der Waals surface area contributed by atoms with E-state index in [1.807, 2.05) is 6.26 Å². The fourth-order valence-electron chi connectivity index (χ4n) is 3.01. The van der Waals surface area contributed by atoms with Crippen LogP contribution < -0.4 is 9.62 Å². The van der Waals surface area contributed by atoms with Gasteiger partial charge < -0.3 is 10.1 Å². The normalized spacial score (nSPS) is 11.0. The fraction of sp³-hybridized carbons (Fsp3) is 0.167. The minimum Gasteiger partial charge on any atom is -0.462 e. The van der Waals surface area contributed by atoms with Crippen LogP contribution in [0.2, 0.25) is 0 Å². The summed E-state index contributed by atoms with van der Waals surface area (Å²) < 4.78 is 32.0. The zero-order chi connectivity index (χ0) is 24.0. The van der Waals surface area contributed by atoms with E-state index in [-0.39, 0.29) is 17.4 Å². The molecule has 1 amide bonds. The minimum atomic E-state index is -3.74. The predicted molar refractivity (Wildman–Crippen MR) is 131 cm³/mol. The number of amides is 1. The van der Waals surface area contributed by atoms with Crippen LogP contribution in [0.15, 0.2) is 82.6 Å². The van der Waals surface area contributed by atoms with Crippen molar-refractivity contribution >= 4 is 45.0 Å². The molecule has 0 aromatic heterocycles. The van der Waals surface area contributed by atoms with Crippen LogP contribution >= 0.6 is 11.8 Å². The number of benzene rings is 3. The number of nitrogens with zero attached hydrogens (tertiary/aromatic N) is 1. The standard InChI is InChI=1S/C24H24N2O5S2/c1-4-31-24(28)18-6-5-7-19(16-18)25-23(27)17-8-10-20(11-9-17)26(2)33(29,30)22-14-12-21(32-3)13-15-22/h5-16H,4H2,1-3H3,(H,25,27). The first-order valence-corrected chi connectivity index (χ1v) is 12.7. The van der Waals surface area contributed by atoms with E-state index in [9.17, 15) is 18.0 Å². The Morgan fingerprint density at radius 1 is 0.970 bits per heavy atom. The van der Waals surface area contributed by atoms with E-state index in [1.54, 1.807) is 73.7 Å². The third-order valence-electron chi connectivity index (χ3n) is 4.84. The summed E-state index contributed by atoms with van der Waals surface area (Å²) in [6.07, 6.45) is 1.92. The number of hydrogen-bond acceptors (Lipinski definition) is 6. The van der Waals surface area contributed by atoms with Crippen LogP contribution in [0.5, 0.6) is 0 Å². The summed E-state index contributed by atoms with van der Waals surface area (Å²) in [6, 6.07) is 19.3. The largest absolute Gasteiger partial charge is 0.462 e. The summed E-state index contributed by atoms with van der Waals surface area (Å²) in [4.78, 5) is 25.7. The van der Waals surface area contributed by atoms with E-state index in [2.05, 4.69) is 5.32 Å². The average Bonchev–Trinajstić information content (AvgIpc) is 2.84. The smallest absolute Gasteiger partial charge is 0.338 e. The van der Waals surface area contributed by atoms with E-state index in [4.69, 9.17) is 4.74 Å². The molecule has 7 nitrogen and oxygen atoms in total. The Kier molecular flexibility index (Phi) is 7.78. The number of nitrogens with one attached hydrogen (secondary N) is 1. The van der Waals surface area contributed by atoms with Crippen molar-refractivity contribution in [3.8, 4) is 0 Å². The molecule has 0 unspecified atom stereocenters. The van der Waals surface area contributed by atoms with Gasteiger partial charge in [0.15, 0.2) is 0 Å². The second kappa shape index (κ2) is 10.5. The van der Waals surface area contributed by atoms with Gasteiger partial charge in [-0.1, -0.05) is 6.07 Å². The van der Waals surface area contributed by atoms with Gasteiger partial charge >= 0.3 is 5.97 Å². The van der Waals surface area contributed by atoms with Crippen LogP contribution in [-0.4, -0.2) is 40.2 Å². The van der Waals surface area contributed by atoms with Gasteiger partial charge in [0, 0.05) is 23.2 Å². The number of esters is 1. The fourth-order valence-corrected chi connectivity index (χ4v) is 4.61. The van der Waals surface area contributed by atoms with Crippen molar-refractivity contribution in [3.05, 3.63) is 83.9 Å². The van der Waals surface area contributed by atoms with Crippen LogP contribution in [0.4, 0.5) is 11.4 Å². The number of hydrogen-bond donors (Lipinski definition) is 1. The Morgan fingerprint density at radius 2 is 1.64 bits per heavy atom. The van der Waals surface area contributed by atoms with Gasteiger partial charge in [-0.25, -0.2) is 13.2 Å². The molecule has 0 aliphatic heterocycles. The summed E-state index contributed by atoms with van der Waals surface area (Å²) in [6.45, 7) is 1.98. The molecule has 0 spiro atoms. The molecule has 3 rings (SSSR count). The topological polar surface area (TPSA) is 92.8 Å². The maximum absolute atomic E-state index is 12.9. The Balaban J connectivity index is 1.73. The number of carbonyl (C=O) groups excluding carboxylic acids is 2. The molecule has 0 aliphatic rings. The molecule has 3 aromatic carbocycles. The summed E-state index contributed by atoms with van der Waals surface area (Å²) >= 11 is 1.53. The van der Waals surface area contributed by atoms with Crippen molar-refractivity contribution in [1.82, 2.24) is 0 Å². The molecular formula is C24H24N2O5S2. The van der Waals surface area contributed by atoms with E-state index in [0.717, 1.165) is 4.90 Å². The second-order valence-electron chi connectivity index (χ2n) is 6.95. The quantitative estimate of drug-likeness (QED) is 0.369. The number of sulfonamides is 1. The van der Waals surface area contributed by atoms with Gasteiger partial charge in [0.2, 0.25) is 0 Å². The number of ether oxygens (including phenoxy) is 1. The van der Waals surface area contributed by atoms with Crippen LogP contribution in [-0.2, 0) is 14.8 Å². The highest BCUT2D eigenvalue weighted by Gasteiger charge is 2.21. The summed E-state index contributed by atoms with van der Waals surface area (Å²) in [5, 5.41) is 2.73. The maximum atomic E-state index is 12.9. The maximum Gasteiger partial charge on any atom is 0.338 e. The first-order valence-electron chi connectivity index (χ1n) is 10.1. The second-order valence-corrected chi connectivity index (χ2v) is 9.80. The molecule has 3 aromatic rings. The number of carbonyl (C=O) groups is 2. The predicted octanol–water partition coefficient (Wildman–Crippen LogP) is 4.66. The number of rotatable bonds is 8. The first-order chi connectivity index (χ1) is 15.8. The monoisotopic (exact) mass is 484 g/mol. The van der Waals surface area contributed by atoms with E-state index < -0.39 is 16.0 Å². The lowest BCUT2D eigenvalue weighted by Gasteiger charge is -2.20. The van der Waals surface area contributed by atoms with Gasteiger partial charge in [-0.15, -0.1) is 11.8 Å². The third kappa shape index (κ3) is 5.74. The molecule has 0 atom stereocenters. The lowest BCUT2D eigenvalue weighted by Crippen LogP contribution is -2.26. The minimum absolute atomic E-state index is 0.186. The van der Waals surface area contributed by atoms with Crippen molar-refractivity contribution < 1.29 is 22.7 Å². The Labute approximate surface area is 197 Å². The zero-order valence-electron chi connectivity index (χ0n) is 18.4. The van der Waals surface area contributed by atoms with Gasteiger partial charge in [0.05, 0.1) is 22.8 Å². The van der Waals surface area contributed by atoms with Crippen molar-refractivity contribution in [3.63, 3.8) is 0 Å². The van der Waals surface area contributed by atoms with Crippen LogP contribution in [0.25, 0.3) is 0 Å². The first kappa shape index (κ1) is 24.3. The van der Waals surface area contributed by atoms with Gasteiger partial charge in [-0.3, -0.25) is 9.10 Å². The molecule has 33 heavy (non-hydrogen) atoms. The van der Waals surface area contributed by atoms with Gasteiger partial charge in [-0.05, 0) is 79.9 Å². The number of anilines is 2. The van der Waals surface area contributed by atoms with Gasteiger partial charge in [0.1, 0.15) is 0 Å². The van der Waals surface area contributed by atoms with Gasteiger partial charge in [-0.2, -0.15) is 0 Å². The summed E-state index contributed by atoms with van der Waals surface area (Å²) in [5.74, 6) is -0.856. The van der Waals surface area contributed by atoms with E-state index in [0.29, 0.717) is 22.5 Å². The average molecular weight is 485 g/mol.